The molecule has 1 atom stereocenters. The molecule has 0 heterocycles. The highest BCUT2D eigenvalue weighted by atomic mass is 16.5. The normalized spacial score (nSPS) is 11.5. The molecule has 2 N–H and O–H groups in total. The lowest BCUT2D eigenvalue weighted by Crippen LogP contribution is -2.30. The van der Waals surface area contributed by atoms with E-state index < -0.39 is 5.97 Å². The fraction of sp³-hybridized carbons (Fsp3) is 0.333. The summed E-state index contributed by atoms with van der Waals surface area (Å²) in [6.45, 7) is 2.41. The molecule has 2 aromatic carbocycles. The summed E-state index contributed by atoms with van der Waals surface area (Å²) in [5.74, 6) is -0.00771. The van der Waals surface area contributed by atoms with Gasteiger partial charge in [-0.05, 0) is 48.2 Å². The lowest BCUT2D eigenvalue weighted by molar-refractivity contribution is -0.122. The lowest BCUT2D eigenvalue weighted by atomic mass is 9.95. The second kappa shape index (κ2) is 9.62. The number of carbonyl (C=O) groups is 2. The van der Waals surface area contributed by atoms with E-state index in [0.29, 0.717) is 25.1 Å². The van der Waals surface area contributed by atoms with Crippen molar-refractivity contribution in [2.45, 2.75) is 25.7 Å². The average molecular weight is 371 g/mol. The first-order chi connectivity index (χ1) is 13.0. The number of carboxylic acids is 1. The highest BCUT2D eigenvalue weighted by Gasteiger charge is 2.18. The van der Waals surface area contributed by atoms with Crippen LogP contribution in [0.5, 0.6) is 11.5 Å². The zero-order chi connectivity index (χ0) is 19.8. The van der Waals surface area contributed by atoms with Crippen molar-refractivity contribution in [2.75, 3.05) is 20.8 Å². The van der Waals surface area contributed by atoms with Gasteiger partial charge in [0.15, 0.2) is 0 Å². The van der Waals surface area contributed by atoms with E-state index in [1.165, 1.54) is 19.2 Å². The maximum Gasteiger partial charge on any atom is 0.335 e. The smallest absolute Gasteiger partial charge is 0.335 e. The van der Waals surface area contributed by atoms with Gasteiger partial charge in [0.2, 0.25) is 5.91 Å². The summed E-state index contributed by atoms with van der Waals surface area (Å²) in [6.07, 6.45) is 1.24. The Bertz CT molecular complexity index is 786. The van der Waals surface area contributed by atoms with Crippen LogP contribution in [0.15, 0.2) is 42.5 Å². The summed E-state index contributed by atoms with van der Waals surface area (Å²) in [5, 5.41) is 12.0. The van der Waals surface area contributed by atoms with Gasteiger partial charge < -0.3 is 19.9 Å². The number of carboxylic acid groups (broad SMARTS) is 1. The van der Waals surface area contributed by atoms with Gasteiger partial charge in [0.05, 0.1) is 25.7 Å². The third-order valence-electron chi connectivity index (χ3n) is 4.47. The van der Waals surface area contributed by atoms with Gasteiger partial charge in [-0.25, -0.2) is 4.79 Å². The number of nitrogens with one attached hydrogen (secondary N) is 1. The molecule has 0 bridgehead atoms. The van der Waals surface area contributed by atoms with Crippen LogP contribution in [0.1, 0.15) is 40.7 Å². The fourth-order valence-corrected chi connectivity index (χ4v) is 2.94. The summed E-state index contributed by atoms with van der Waals surface area (Å²) in [5.41, 5.74) is 1.96. The van der Waals surface area contributed by atoms with Gasteiger partial charge in [-0.1, -0.05) is 25.1 Å². The zero-order valence-corrected chi connectivity index (χ0v) is 15.8. The Balaban J connectivity index is 1.98. The van der Waals surface area contributed by atoms with Crippen LogP contribution in [-0.2, 0) is 11.2 Å². The SMILES string of the molecule is CCC(C(=O)NCCc1ccc(C(=O)O)cc1OC)c1ccc(OC)cc1. The molecule has 0 aromatic heterocycles. The van der Waals surface area contributed by atoms with E-state index in [9.17, 15) is 9.59 Å². The predicted molar refractivity (Wildman–Crippen MR) is 103 cm³/mol. The molecule has 2 rings (SSSR count). The van der Waals surface area contributed by atoms with E-state index in [1.807, 2.05) is 31.2 Å². The van der Waals surface area contributed by atoms with Crippen LogP contribution in [0, 0.1) is 0 Å². The van der Waals surface area contributed by atoms with Crippen molar-refractivity contribution < 1.29 is 24.2 Å². The van der Waals surface area contributed by atoms with Gasteiger partial charge in [0, 0.05) is 6.54 Å². The van der Waals surface area contributed by atoms with Gasteiger partial charge in [0.25, 0.3) is 0 Å². The van der Waals surface area contributed by atoms with Crippen LogP contribution in [-0.4, -0.2) is 37.7 Å². The van der Waals surface area contributed by atoms with Gasteiger partial charge in [-0.2, -0.15) is 0 Å². The van der Waals surface area contributed by atoms with Crippen molar-refractivity contribution >= 4 is 11.9 Å². The maximum atomic E-state index is 12.6. The number of methoxy groups -OCH3 is 2. The second-order valence-corrected chi connectivity index (χ2v) is 6.11. The molecule has 0 spiro atoms. The monoisotopic (exact) mass is 371 g/mol. The summed E-state index contributed by atoms with van der Waals surface area (Å²) in [7, 11) is 3.11. The number of rotatable bonds is 9. The standard InChI is InChI=1S/C21H25NO5/c1-4-18(14-7-9-17(26-2)10-8-14)20(23)22-12-11-15-5-6-16(21(24)25)13-19(15)27-3/h5-10,13,18H,4,11-12H2,1-3H3,(H,22,23)(H,24,25). The van der Waals surface area contributed by atoms with E-state index >= 15 is 0 Å². The summed E-state index contributed by atoms with van der Waals surface area (Å²) in [6, 6.07) is 12.2. The van der Waals surface area contributed by atoms with Gasteiger partial charge in [0.1, 0.15) is 11.5 Å². The minimum absolute atomic E-state index is 0.0382. The van der Waals surface area contributed by atoms with Crippen LogP contribution in [0.4, 0.5) is 0 Å². The minimum Gasteiger partial charge on any atom is -0.497 e. The third-order valence-corrected chi connectivity index (χ3v) is 4.47. The number of carbonyl (C=O) groups excluding carboxylic acids is 1. The molecule has 144 valence electrons. The number of hydrogen-bond donors (Lipinski definition) is 2. The Morgan fingerprint density at radius 2 is 1.78 bits per heavy atom. The Morgan fingerprint density at radius 3 is 2.33 bits per heavy atom. The summed E-state index contributed by atoms with van der Waals surface area (Å²) < 4.78 is 10.4. The van der Waals surface area contributed by atoms with E-state index in [0.717, 1.165) is 16.9 Å². The minimum atomic E-state index is -1.00. The highest BCUT2D eigenvalue weighted by Crippen LogP contribution is 2.23. The molecule has 0 radical (unpaired) electrons. The van der Waals surface area contributed by atoms with Crippen molar-refractivity contribution in [1.29, 1.82) is 0 Å². The Hall–Kier alpha value is -3.02. The van der Waals surface area contributed by atoms with E-state index in [1.54, 1.807) is 13.2 Å². The zero-order valence-electron chi connectivity index (χ0n) is 15.8. The summed E-state index contributed by atoms with van der Waals surface area (Å²) >= 11 is 0. The average Bonchev–Trinajstić information content (AvgIpc) is 2.69. The highest BCUT2D eigenvalue weighted by molar-refractivity contribution is 5.88. The van der Waals surface area contributed by atoms with Gasteiger partial charge in [-0.15, -0.1) is 0 Å². The largest absolute Gasteiger partial charge is 0.497 e. The molecular weight excluding hydrogens is 346 g/mol. The predicted octanol–water partition coefficient (Wildman–Crippen LogP) is 3.25. The van der Waals surface area contributed by atoms with Crippen molar-refractivity contribution in [3.05, 3.63) is 59.2 Å². The molecule has 27 heavy (non-hydrogen) atoms. The van der Waals surface area contributed by atoms with Crippen molar-refractivity contribution in [3.8, 4) is 11.5 Å². The first kappa shape index (κ1) is 20.3. The number of aromatic carboxylic acids is 1. The van der Waals surface area contributed by atoms with E-state index in [4.69, 9.17) is 14.6 Å². The van der Waals surface area contributed by atoms with Crippen molar-refractivity contribution in [3.63, 3.8) is 0 Å². The first-order valence-electron chi connectivity index (χ1n) is 8.82. The molecule has 0 fully saturated rings. The number of amides is 1. The lowest BCUT2D eigenvalue weighted by Gasteiger charge is -2.16. The van der Waals surface area contributed by atoms with Crippen LogP contribution >= 0.6 is 0 Å². The molecular formula is C21H25NO5. The van der Waals surface area contributed by atoms with E-state index in [-0.39, 0.29) is 17.4 Å². The first-order valence-corrected chi connectivity index (χ1v) is 8.82. The van der Waals surface area contributed by atoms with Crippen LogP contribution in [0.25, 0.3) is 0 Å². The van der Waals surface area contributed by atoms with Crippen molar-refractivity contribution in [1.82, 2.24) is 5.32 Å². The topological polar surface area (TPSA) is 84.9 Å². The number of benzene rings is 2. The quantitative estimate of drug-likeness (QED) is 0.707. The molecule has 1 unspecified atom stereocenters. The fourth-order valence-electron chi connectivity index (χ4n) is 2.94. The molecule has 1 amide bonds. The molecule has 6 nitrogen and oxygen atoms in total. The molecule has 2 aromatic rings. The maximum absolute atomic E-state index is 12.6. The Morgan fingerprint density at radius 1 is 1.07 bits per heavy atom. The number of ether oxygens (including phenoxy) is 2. The molecule has 0 aliphatic heterocycles. The Labute approximate surface area is 159 Å². The molecule has 0 aliphatic rings. The summed E-state index contributed by atoms with van der Waals surface area (Å²) in [4.78, 5) is 23.6. The number of hydrogen-bond acceptors (Lipinski definition) is 4. The molecule has 0 saturated heterocycles. The van der Waals surface area contributed by atoms with Gasteiger partial charge in [-0.3, -0.25) is 4.79 Å². The third kappa shape index (κ3) is 5.23. The van der Waals surface area contributed by atoms with Gasteiger partial charge >= 0.3 is 5.97 Å². The molecule has 0 aliphatic carbocycles. The molecule has 0 saturated carbocycles. The van der Waals surface area contributed by atoms with E-state index in [2.05, 4.69) is 5.32 Å². The van der Waals surface area contributed by atoms with Crippen LogP contribution < -0.4 is 14.8 Å². The van der Waals surface area contributed by atoms with Crippen LogP contribution in [0.3, 0.4) is 0 Å². The Kier molecular flexibility index (Phi) is 7.23. The van der Waals surface area contributed by atoms with Crippen molar-refractivity contribution in [2.24, 2.45) is 0 Å². The molecule has 6 heteroatoms. The van der Waals surface area contributed by atoms with Crippen LogP contribution in [0.2, 0.25) is 0 Å². The second-order valence-electron chi connectivity index (χ2n) is 6.11.